The lowest BCUT2D eigenvalue weighted by molar-refractivity contribution is -0.0493. The molecular weight excluding hydrogens is 256 g/mol. The second-order valence-electron chi connectivity index (χ2n) is 3.76. The third-order valence-corrected chi connectivity index (χ3v) is 3.53. The van der Waals surface area contributed by atoms with Crippen LogP contribution in [0.4, 0.5) is 14.5 Å². The molecule has 0 bridgehead atoms. The fourth-order valence-electron chi connectivity index (χ4n) is 1.57. The molecule has 0 atom stereocenters. The molecule has 0 saturated heterocycles. The molecule has 2 aromatic rings. The molecule has 0 aliphatic rings. The molecule has 0 fully saturated rings. The fraction of sp³-hybridized carbons (Fsp3) is 0.231. The van der Waals surface area contributed by atoms with Crippen molar-refractivity contribution in [2.24, 2.45) is 0 Å². The summed E-state index contributed by atoms with van der Waals surface area (Å²) in [6.45, 7) is -0.182. The lowest BCUT2D eigenvalue weighted by Crippen LogP contribution is -2.06. The highest BCUT2D eigenvalue weighted by molar-refractivity contribution is 7.10. The van der Waals surface area contributed by atoms with Crippen LogP contribution in [0.15, 0.2) is 35.7 Å². The average Bonchev–Trinajstić information content (AvgIpc) is 2.73. The maximum atomic E-state index is 12.2. The number of nitrogens with one attached hydrogen (secondary N) is 1. The standard InChI is InChI=1S/C13H13F2NOS/c1-9-6-7-18-12(9)8-16-10-4-2-3-5-11(10)17-13(14)15/h2-7,13,16H,8H2,1H3. The van der Waals surface area contributed by atoms with Gasteiger partial charge in [-0.05, 0) is 36.1 Å². The molecule has 2 nitrogen and oxygen atoms in total. The van der Waals surface area contributed by atoms with Crippen LogP contribution in [0.5, 0.6) is 5.75 Å². The van der Waals surface area contributed by atoms with Crippen LogP contribution in [-0.4, -0.2) is 6.61 Å². The summed E-state index contributed by atoms with van der Waals surface area (Å²) in [6, 6.07) is 8.72. The normalized spacial score (nSPS) is 10.7. The van der Waals surface area contributed by atoms with E-state index in [4.69, 9.17) is 0 Å². The number of hydrogen-bond acceptors (Lipinski definition) is 3. The van der Waals surface area contributed by atoms with Gasteiger partial charge in [-0.2, -0.15) is 8.78 Å². The molecule has 5 heteroatoms. The van der Waals surface area contributed by atoms with Crippen molar-refractivity contribution in [3.05, 3.63) is 46.2 Å². The Morgan fingerprint density at radius 2 is 2.06 bits per heavy atom. The van der Waals surface area contributed by atoms with Crippen LogP contribution in [0, 0.1) is 6.92 Å². The van der Waals surface area contributed by atoms with Crippen molar-refractivity contribution >= 4 is 17.0 Å². The van der Waals surface area contributed by atoms with Crippen molar-refractivity contribution in [2.75, 3.05) is 5.32 Å². The number of alkyl halides is 2. The van der Waals surface area contributed by atoms with Crippen LogP contribution < -0.4 is 10.1 Å². The first-order valence-corrected chi connectivity index (χ1v) is 6.35. The molecule has 1 heterocycles. The van der Waals surface area contributed by atoms with Crippen LogP contribution in [-0.2, 0) is 6.54 Å². The molecule has 0 aliphatic heterocycles. The summed E-state index contributed by atoms with van der Waals surface area (Å²) in [6.07, 6.45) is 0. The molecule has 0 amide bonds. The van der Waals surface area contributed by atoms with Gasteiger partial charge in [-0.15, -0.1) is 11.3 Å². The first kappa shape index (κ1) is 12.8. The van der Waals surface area contributed by atoms with E-state index in [0.717, 1.165) is 0 Å². The Bertz CT molecular complexity index is 513. The summed E-state index contributed by atoms with van der Waals surface area (Å²) in [5.74, 6) is 0.168. The van der Waals surface area contributed by atoms with Crippen molar-refractivity contribution in [3.63, 3.8) is 0 Å². The van der Waals surface area contributed by atoms with E-state index >= 15 is 0 Å². The molecule has 2 rings (SSSR count). The minimum absolute atomic E-state index is 0.168. The summed E-state index contributed by atoms with van der Waals surface area (Å²) in [4.78, 5) is 1.18. The van der Waals surface area contributed by atoms with E-state index in [0.29, 0.717) is 12.2 Å². The quantitative estimate of drug-likeness (QED) is 0.875. The van der Waals surface area contributed by atoms with E-state index in [1.807, 2.05) is 18.4 Å². The van der Waals surface area contributed by atoms with Gasteiger partial charge in [0.15, 0.2) is 0 Å². The second kappa shape index (κ2) is 5.82. The van der Waals surface area contributed by atoms with Gasteiger partial charge >= 0.3 is 6.61 Å². The number of thiophene rings is 1. The van der Waals surface area contributed by atoms with E-state index in [2.05, 4.69) is 10.1 Å². The van der Waals surface area contributed by atoms with Gasteiger partial charge in [0.25, 0.3) is 0 Å². The Morgan fingerprint density at radius 3 is 2.72 bits per heavy atom. The Kier molecular flexibility index (Phi) is 4.15. The molecule has 0 radical (unpaired) electrons. The largest absolute Gasteiger partial charge is 0.433 e. The molecule has 0 saturated carbocycles. The molecule has 0 spiro atoms. The third kappa shape index (κ3) is 3.20. The highest BCUT2D eigenvalue weighted by atomic mass is 32.1. The SMILES string of the molecule is Cc1ccsc1CNc1ccccc1OC(F)F. The zero-order valence-corrected chi connectivity index (χ0v) is 10.6. The molecule has 1 N–H and O–H groups in total. The minimum Gasteiger partial charge on any atom is -0.433 e. The van der Waals surface area contributed by atoms with Gasteiger partial charge in [-0.25, -0.2) is 0 Å². The first-order valence-electron chi connectivity index (χ1n) is 5.47. The third-order valence-electron chi connectivity index (χ3n) is 2.51. The number of ether oxygens (including phenoxy) is 1. The highest BCUT2D eigenvalue weighted by Crippen LogP contribution is 2.27. The summed E-state index contributed by atoms with van der Waals surface area (Å²) in [5.41, 5.74) is 1.77. The lowest BCUT2D eigenvalue weighted by Gasteiger charge is -2.12. The van der Waals surface area contributed by atoms with Gasteiger partial charge in [0.1, 0.15) is 5.75 Å². The van der Waals surface area contributed by atoms with Crippen LogP contribution in [0.25, 0.3) is 0 Å². The molecule has 1 aromatic heterocycles. The molecule has 1 aromatic carbocycles. The Hall–Kier alpha value is -1.62. The van der Waals surface area contributed by atoms with Crippen LogP contribution in [0.1, 0.15) is 10.4 Å². The highest BCUT2D eigenvalue weighted by Gasteiger charge is 2.09. The van der Waals surface area contributed by atoms with Gasteiger partial charge in [0, 0.05) is 11.4 Å². The van der Waals surface area contributed by atoms with Crippen LogP contribution in [0.2, 0.25) is 0 Å². The van der Waals surface area contributed by atoms with Gasteiger partial charge in [-0.3, -0.25) is 0 Å². The van der Waals surface area contributed by atoms with Crippen LogP contribution in [0.3, 0.4) is 0 Å². The average molecular weight is 269 g/mol. The number of anilines is 1. The van der Waals surface area contributed by atoms with Crippen molar-refractivity contribution < 1.29 is 13.5 Å². The number of benzene rings is 1. The zero-order valence-electron chi connectivity index (χ0n) is 9.82. The zero-order chi connectivity index (χ0) is 13.0. The fourth-order valence-corrected chi connectivity index (χ4v) is 2.42. The maximum Gasteiger partial charge on any atom is 0.387 e. The van der Waals surface area contributed by atoms with E-state index in [1.54, 1.807) is 29.5 Å². The predicted octanol–water partition coefficient (Wildman–Crippen LogP) is 4.27. The first-order chi connectivity index (χ1) is 8.66. The second-order valence-corrected chi connectivity index (χ2v) is 4.76. The van der Waals surface area contributed by atoms with Gasteiger partial charge < -0.3 is 10.1 Å². The number of hydrogen-bond donors (Lipinski definition) is 1. The predicted molar refractivity (Wildman–Crippen MR) is 69.5 cm³/mol. The van der Waals surface area contributed by atoms with Gasteiger partial charge in [-0.1, -0.05) is 12.1 Å². The Morgan fingerprint density at radius 1 is 1.28 bits per heavy atom. The molecular formula is C13H13F2NOS. The van der Waals surface area contributed by atoms with Crippen molar-refractivity contribution in [2.45, 2.75) is 20.1 Å². The molecule has 0 unspecified atom stereocenters. The van der Waals surface area contributed by atoms with Crippen molar-refractivity contribution in [1.29, 1.82) is 0 Å². The van der Waals surface area contributed by atoms with E-state index < -0.39 is 6.61 Å². The van der Waals surface area contributed by atoms with Crippen molar-refractivity contribution in [1.82, 2.24) is 0 Å². The van der Waals surface area contributed by atoms with E-state index in [9.17, 15) is 8.78 Å². The summed E-state index contributed by atoms with van der Waals surface area (Å²) >= 11 is 1.64. The Balaban J connectivity index is 2.07. The van der Waals surface area contributed by atoms with Gasteiger partial charge in [0.2, 0.25) is 0 Å². The number of para-hydroxylation sites is 2. The molecule has 18 heavy (non-hydrogen) atoms. The van der Waals surface area contributed by atoms with Crippen LogP contribution >= 0.6 is 11.3 Å². The number of halogens is 2. The Labute approximate surface area is 108 Å². The number of rotatable bonds is 5. The minimum atomic E-state index is -2.81. The summed E-state index contributed by atoms with van der Waals surface area (Å²) < 4.78 is 28.9. The van der Waals surface area contributed by atoms with Crippen molar-refractivity contribution in [3.8, 4) is 5.75 Å². The summed E-state index contributed by atoms with van der Waals surface area (Å²) in [5, 5.41) is 5.12. The number of aryl methyl sites for hydroxylation is 1. The molecule has 0 aliphatic carbocycles. The maximum absolute atomic E-state index is 12.2. The van der Waals surface area contributed by atoms with E-state index in [-0.39, 0.29) is 5.75 Å². The van der Waals surface area contributed by atoms with E-state index in [1.165, 1.54) is 16.5 Å². The summed E-state index contributed by atoms with van der Waals surface area (Å²) in [7, 11) is 0. The van der Waals surface area contributed by atoms with Gasteiger partial charge in [0.05, 0.1) is 5.69 Å². The smallest absolute Gasteiger partial charge is 0.387 e. The lowest BCUT2D eigenvalue weighted by atomic mass is 10.2. The monoisotopic (exact) mass is 269 g/mol. The topological polar surface area (TPSA) is 21.3 Å². The molecule has 96 valence electrons.